The average molecular weight is 410 g/mol. The van der Waals surface area contributed by atoms with Crippen molar-refractivity contribution in [3.05, 3.63) is 0 Å². The molecule has 162 valence electrons. The van der Waals surface area contributed by atoms with E-state index in [-0.39, 0.29) is 24.2 Å². The van der Waals surface area contributed by atoms with Crippen molar-refractivity contribution in [1.82, 2.24) is 9.80 Å². The Labute approximate surface area is 162 Å². The van der Waals surface area contributed by atoms with Crippen molar-refractivity contribution in [1.29, 1.82) is 0 Å². The molecule has 2 saturated heterocycles. The van der Waals surface area contributed by atoms with Gasteiger partial charge >= 0.3 is 12.1 Å². The third-order valence-electron chi connectivity index (χ3n) is 5.34. The highest BCUT2D eigenvalue weighted by Crippen LogP contribution is 2.38. The minimum Gasteiger partial charge on any atom is -0.475 e. The molecular formula is C18H29F3N2O5. The van der Waals surface area contributed by atoms with Gasteiger partial charge in [-0.1, -0.05) is 0 Å². The van der Waals surface area contributed by atoms with Crippen molar-refractivity contribution in [2.75, 3.05) is 46.9 Å². The summed E-state index contributed by atoms with van der Waals surface area (Å²) in [6.45, 7) is 4.40. The molecule has 7 nitrogen and oxygen atoms in total. The van der Waals surface area contributed by atoms with Gasteiger partial charge in [-0.3, -0.25) is 4.79 Å². The lowest BCUT2D eigenvalue weighted by atomic mass is 9.88. The van der Waals surface area contributed by atoms with Gasteiger partial charge in [-0.25, -0.2) is 4.79 Å². The molecule has 3 aliphatic rings. The van der Waals surface area contributed by atoms with E-state index in [9.17, 15) is 18.0 Å². The van der Waals surface area contributed by atoms with E-state index in [2.05, 4.69) is 4.90 Å². The summed E-state index contributed by atoms with van der Waals surface area (Å²) < 4.78 is 43.5. The number of hydrogen-bond acceptors (Lipinski definition) is 5. The molecule has 1 N–H and O–H groups in total. The number of alkyl halides is 3. The minimum absolute atomic E-state index is 0.0197. The topological polar surface area (TPSA) is 79.3 Å². The van der Waals surface area contributed by atoms with Crippen LogP contribution in [0.25, 0.3) is 0 Å². The van der Waals surface area contributed by atoms with Crippen molar-refractivity contribution < 1.29 is 37.3 Å². The maximum Gasteiger partial charge on any atom is 0.490 e. The lowest BCUT2D eigenvalue weighted by molar-refractivity contribution is -0.192. The first-order valence-corrected chi connectivity index (χ1v) is 9.49. The normalized spacial score (nSPS) is 24.5. The molecule has 0 bridgehead atoms. The zero-order valence-corrected chi connectivity index (χ0v) is 16.3. The Bertz CT molecular complexity index is 544. The predicted octanol–water partition coefficient (Wildman–Crippen LogP) is 1.76. The van der Waals surface area contributed by atoms with E-state index in [1.807, 2.05) is 0 Å². The summed E-state index contributed by atoms with van der Waals surface area (Å²) in [5, 5.41) is 7.12. The van der Waals surface area contributed by atoms with Crippen LogP contribution in [0, 0.1) is 5.92 Å². The number of hydrogen-bond donors (Lipinski definition) is 1. The van der Waals surface area contributed by atoms with Crippen LogP contribution in [0.2, 0.25) is 0 Å². The SMILES string of the molecule is CN(C)C(=O)COC1COC2(CCN(CC3CC3)CC2)C1.O=C(O)C(F)(F)F. The van der Waals surface area contributed by atoms with Crippen LogP contribution in [0.3, 0.4) is 0 Å². The molecule has 3 fully saturated rings. The van der Waals surface area contributed by atoms with E-state index in [0.717, 1.165) is 38.3 Å². The highest BCUT2D eigenvalue weighted by molar-refractivity contribution is 5.76. The van der Waals surface area contributed by atoms with Crippen molar-refractivity contribution in [3.63, 3.8) is 0 Å². The summed E-state index contributed by atoms with van der Waals surface area (Å²) >= 11 is 0. The van der Waals surface area contributed by atoms with Gasteiger partial charge in [0.15, 0.2) is 0 Å². The van der Waals surface area contributed by atoms with Crippen LogP contribution in [0.1, 0.15) is 32.1 Å². The molecule has 1 aliphatic carbocycles. The van der Waals surface area contributed by atoms with Crippen LogP contribution in [0.4, 0.5) is 13.2 Å². The van der Waals surface area contributed by atoms with Gasteiger partial charge in [0, 0.05) is 40.2 Å². The molecule has 1 unspecified atom stereocenters. The number of carboxylic acid groups (broad SMARTS) is 1. The van der Waals surface area contributed by atoms with Gasteiger partial charge in [-0.05, 0) is 31.6 Å². The van der Waals surface area contributed by atoms with Crippen molar-refractivity contribution in [2.45, 2.75) is 50.0 Å². The number of rotatable bonds is 5. The second-order valence-corrected chi connectivity index (χ2v) is 7.97. The molecule has 2 aliphatic heterocycles. The third kappa shape index (κ3) is 7.21. The molecule has 0 aromatic rings. The molecule has 0 aromatic heterocycles. The zero-order chi connectivity index (χ0) is 20.9. The minimum atomic E-state index is -5.08. The number of nitrogens with zero attached hydrogens (tertiary/aromatic N) is 2. The lowest BCUT2D eigenvalue weighted by Gasteiger charge is -2.38. The first-order chi connectivity index (χ1) is 13.0. The molecule has 1 amide bonds. The number of aliphatic carboxylic acids is 1. The van der Waals surface area contributed by atoms with Gasteiger partial charge < -0.3 is 24.4 Å². The molecule has 28 heavy (non-hydrogen) atoms. The molecule has 0 radical (unpaired) electrons. The van der Waals surface area contributed by atoms with Gasteiger partial charge in [-0.2, -0.15) is 13.2 Å². The van der Waals surface area contributed by atoms with Crippen LogP contribution >= 0.6 is 0 Å². The Hall–Kier alpha value is -1.39. The van der Waals surface area contributed by atoms with Gasteiger partial charge in [0.25, 0.3) is 0 Å². The largest absolute Gasteiger partial charge is 0.490 e. The van der Waals surface area contributed by atoms with Crippen molar-refractivity contribution >= 4 is 11.9 Å². The zero-order valence-electron chi connectivity index (χ0n) is 16.3. The van der Waals surface area contributed by atoms with E-state index >= 15 is 0 Å². The molecule has 3 rings (SSSR count). The van der Waals surface area contributed by atoms with Crippen LogP contribution in [-0.4, -0.2) is 91.6 Å². The summed E-state index contributed by atoms with van der Waals surface area (Å²) in [6.07, 6.45) is 1.03. The quantitative estimate of drug-likeness (QED) is 0.744. The summed E-state index contributed by atoms with van der Waals surface area (Å²) in [6, 6.07) is 0. The van der Waals surface area contributed by atoms with E-state index in [0.29, 0.717) is 6.61 Å². The molecule has 1 atom stereocenters. The smallest absolute Gasteiger partial charge is 0.475 e. The molecule has 1 saturated carbocycles. The van der Waals surface area contributed by atoms with Gasteiger partial charge in [0.2, 0.25) is 5.91 Å². The van der Waals surface area contributed by atoms with Gasteiger partial charge in [0.1, 0.15) is 6.61 Å². The second kappa shape index (κ2) is 9.41. The maximum absolute atomic E-state index is 11.6. The molecular weight excluding hydrogens is 381 g/mol. The van der Waals surface area contributed by atoms with Crippen molar-refractivity contribution in [2.24, 2.45) is 5.92 Å². The standard InChI is InChI=1S/C16H28N2O3.C2HF3O2/c1-17(2)15(19)12-20-14-9-16(21-11-14)5-7-18(8-6-16)10-13-3-4-13;3-2(4,5)1(6)7/h13-14H,3-12H2,1-2H3;(H,6,7). The summed E-state index contributed by atoms with van der Waals surface area (Å²) in [4.78, 5) is 24.6. The summed E-state index contributed by atoms with van der Waals surface area (Å²) in [5.74, 6) is -1.76. The number of carbonyl (C=O) groups is 2. The first-order valence-electron chi connectivity index (χ1n) is 9.49. The fourth-order valence-corrected chi connectivity index (χ4v) is 3.38. The highest BCUT2D eigenvalue weighted by Gasteiger charge is 2.43. The van der Waals surface area contributed by atoms with Gasteiger partial charge in [-0.15, -0.1) is 0 Å². The van der Waals surface area contributed by atoms with Gasteiger partial charge in [0.05, 0.1) is 18.3 Å². The number of likely N-dealkylation sites (tertiary alicyclic amines) is 1. The number of amides is 1. The van der Waals surface area contributed by atoms with Crippen LogP contribution in [-0.2, 0) is 19.1 Å². The maximum atomic E-state index is 11.6. The summed E-state index contributed by atoms with van der Waals surface area (Å²) in [5.41, 5.74) is 0.0197. The number of likely N-dealkylation sites (N-methyl/N-ethyl adjacent to an activating group) is 1. The van der Waals surface area contributed by atoms with E-state index < -0.39 is 12.1 Å². The van der Waals surface area contributed by atoms with E-state index in [1.54, 1.807) is 19.0 Å². The number of ether oxygens (including phenoxy) is 2. The Kier molecular flexibility index (Phi) is 7.69. The monoisotopic (exact) mass is 410 g/mol. The van der Waals surface area contributed by atoms with Crippen LogP contribution in [0.5, 0.6) is 0 Å². The Morgan fingerprint density at radius 3 is 2.29 bits per heavy atom. The van der Waals surface area contributed by atoms with Crippen molar-refractivity contribution in [3.8, 4) is 0 Å². The molecule has 1 spiro atoms. The van der Waals surface area contributed by atoms with E-state index in [4.69, 9.17) is 19.4 Å². The second-order valence-electron chi connectivity index (χ2n) is 7.97. The van der Waals surface area contributed by atoms with E-state index in [1.165, 1.54) is 19.4 Å². The first kappa shape index (κ1) is 22.9. The summed E-state index contributed by atoms with van der Waals surface area (Å²) in [7, 11) is 3.52. The Morgan fingerprint density at radius 1 is 1.25 bits per heavy atom. The molecule has 2 heterocycles. The molecule has 0 aromatic carbocycles. The fourth-order valence-electron chi connectivity index (χ4n) is 3.38. The predicted molar refractivity (Wildman–Crippen MR) is 93.8 cm³/mol. The Balaban J connectivity index is 0.000000345. The van der Waals surface area contributed by atoms with Crippen LogP contribution < -0.4 is 0 Å². The molecule has 10 heteroatoms. The fraction of sp³-hybridized carbons (Fsp3) is 0.889. The average Bonchev–Trinajstić information content (AvgIpc) is 3.34. The third-order valence-corrected chi connectivity index (χ3v) is 5.34. The number of piperidine rings is 1. The lowest BCUT2D eigenvalue weighted by Crippen LogP contribution is -2.44. The number of carboxylic acids is 1. The number of carbonyl (C=O) groups excluding carboxylic acids is 1. The Morgan fingerprint density at radius 2 is 1.82 bits per heavy atom. The number of halogens is 3. The highest BCUT2D eigenvalue weighted by atomic mass is 19.4. The van der Waals surface area contributed by atoms with Crippen LogP contribution in [0.15, 0.2) is 0 Å².